The zero-order valence-electron chi connectivity index (χ0n) is 11.0. The standard InChI is InChI=1S/C13H22N4O/c1-13(4-2-5-14-10-13)12(18)16-6-3-8-17-9-7-15-11-17/h7,9,11,14H,2-6,8,10H2,1H3,(H,16,18). The van der Waals surface area contributed by atoms with Crippen molar-refractivity contribution in [2.75, 3.05) is 19.6 Å². The Bertz CT molecular complexity index is 368. The lowest BCUT2D eigenvalue weighted by atomic mass is 9.82. The average Bonchev–Trinajstić information content (AvgIpc) is 2.88. The molecule has 1 unspecified atom stereocenters. The van der Waals surface area contributed by atoms with Gasteiger partial charge >= 0.3 is 0 Å². The van der Waals surface area contributed by atoms with Crippen LogP contribution in [-0.4, -0.2) is 35.1 Å². The topological polar surface area (TPSA) is 59.0 Å². The first-order valence-electron chi connectivity index (χ1n) is 6.65. The minimum Gasteiger partial charge on any atom is -0.356 e. The maximum Gasteiger partial charge on any atom is 0.227 e. The molecule has 0 aliphatic carbocycles. The predicted octanol–water partition coefficient (Wildman–Crippen LogP) is 0.779. The van der Waals surface area contributed by atoms with E-state index in [1.54, 1.807) is 12.5 Å². The maximum atomic E-state index is 12.1. The zero-order chi connectivity index (χ0) is 12.8. The zero-order valence-corrected chi connectivity index (χ0v) is 11.0. The highest BCUT2D eigenvalue weighted by Gasteiger charge is 2.34. The van der Waals surface area contributed by atoms with Crippen molar-refractivity contribution in [3.05, 3.63) is 18.7 Å². The van der Waals surface area contributed by atoms with Gasteiger partial charge in [0, 0.05) is 32.0 Å². The Morgan fingerprint density at radius 3 is 3.17 bits per heavy atom. The molecule has 1 atom stereocenters. The van der Waals surface area contributed by atoms with E-state index in [-0.39, 0.29) is 11.3 Å². The summed E-state index contributed by atoms with van der Waals surface area (Å²) >= 11 is 0. The summed E-state index contributed by atoms with van der Waals surface area (Å²) in [4.78, 5) is 16.1. The van der Waals surface area contributed by atoms with Crippen molar-refractivity contribution in [1.29, 1.82) is 0 Å². The molecule has 5 heteroatoms. The summed E-state index contributed by atoms with van der Waals surface area (Å²) in [6, 6.07) is 0. The molecule has 0 radical (unpaired) electrons. The van der Waals surface area contributed by atoms with Crippen LogP contribution in [-0.2, 0) is 11.3 Å². The number of imidazole rings is 1. The molecule has 0 bridgehead atoms. The monoisotopic (exact) mass is 250 g/mol. The van der Waals surface area contributed by atoms with E-state index in [2.05, 4.69) is 15.6 Å². The molecule has 0 spiro atoms. The van der Waals surface area contributed by atoms with E-state index in [4.69, 9.17) is 0 Å². The van der Waals surface area contributed by atoms with Gasteiger partial charge in [0.1, 0.15) is 0 Å². The molecule has 100 valence electrons. The fourth-order valence-electron chi connectivity index (χ4n) is 2.35. The van der Waals surface area contributed by atoms with Crippen LogP contribution in [0.15, 0.2) is 18.7 Å². The number of nitrogens with zero attached hydrogens (tertiary/aromatic N) is 2. The van der Waals surface area contributed by atoms with Crippen LogP contribution in [0, 0.1) is 5.41 Å². The molecular weight excluding hydrogens is 228 g/mol. The highest BCUT2D eigenvalue weighted by molar-refractivity contribution is 5.82. The number of aryl methyl sites for hydroxylation is 1. The number of hydrogen-bond acceptors (Lipinski definition) is 3. The van der Waals surface area contributed by atoms with E-state index in [1.165, 1.54) is 0 Å². The Morgan fingerprint density at radius 2 is 2.50 bits per heavy atom. The van der Waals surface area contributed by atoms with Gasteiger partial charge in [0.05, 0.1) is 11.7 Å². The summed E-state index contributed by atoms with van der Waals surface area (Å²) in [5.41, 5.74) is -0.229. The fourth-order valence-corrected chi connectivity index (χ4v) is 2.35. The van der Waals surface area contributed by atoms with Crippen molar-refractivity contribution in [3.63, 3.8) is 0 Å². The molecule has 1 aromatic rings. The molecule has 1 aromatic heterocycles. The Balaban J connectivity index is 1.68. The normalized spacial score (nSPS) is 23.8. The number of hydrogen-bond donors (Lipinski definition) is 2. The summed E-state index contributed by atoms with van der Waals surface area (Å²) in [5.74, 6) is 0.181. The van der Waals surface area contributed by atoms with Gasteiger partial charge in [-0.1, -0.05) is 0 Å². The van der Waals surface area contributed by atoms with Crippen molar-refractivity contribution in [2.24, 2.45) is 5.41 Å². The van der Waals surface area contributed by atoms with Gasteiger partial charge in [-0.25, -0.2) is 4.98 Å². The van der Waals surface area contributed by atoms with Crippen LogP contribution in [0.3, 0.4) is 0 Å². The fraction of sp³-hybridized carbons (Fsp3) is 0.692. The van der Waals surface area contributed by atoms with Crippen molar-refractivity contribution in [3.8, 4) is 0 Å². The van der Waals surface area contributed by atoms with Crippen LogP contribution >= 0.6 is 0 Å². The van der Waals surface area contributed by atoms with Gasteiger partial charge in [-0.3, -0.25) is 4.79 Å². The van der Waals surface area contributed by atoms with Crippen molar-refractivity contribution in [2.45, 2.75) is 32.7 Å². The summed E-state index contributed by atoms with van der Waals surface area (Å²) in [5, 5.41) is 6.34. The van der Waals surface area contributed by atoms with Gasteiger partial charge in [-0.15, -0.1) is 0 Å². The van der Waals surface area contributed by atoms with Gasteiger partial charge < -0.3 is 15.2 Å². The molecule has 1 fully saturated rings. The average molecular weight is 250 g/mol. The van der Waals surface area contributed by atoms with Crippen LogP contribution in [0.5, 0.6) is 0 Å². The molecule has 1 saturated heterocycles. The van der Waals surface area contributed by atoms with Crippen molar-refractivity contribution in [1.82, 2.24) is 20.2 Å². The van der Waals surface area contributed by atoms with Gasteiger partial charge in [0.25, 0.3) is 0 Å². The quantitative estimate of drug-likeness (QED) is 0.759. The minimum absolute atomic E-state index is 0.181. The van der Waals surface area contributed by atoms with E-state index in [0.717, 1.165) is 45.4 Å². The van der Waals surface area contributed by atoms with Crippen LogP contribution in [0.2, 0.25) is 0 Å². The van der Waals surface area contributed by atoms with Crippen LogP contribution in [0.4, 0.5) is 0 Å². The second-order valence-electron chi connectivity index (χ2n) is 5.25. The largest absolute Gasteiger partial charge is 0.356 e. The van der Waals surface area contributed by atoms with E-state index in [0.29, 0.717) is 0 Å². The molecule has 2 heterocycles. The molecule has 1 aliphatic rings. The lowest BCUT2D eigenvalue weighted by Crippen LogP contribution is -2.48. The van der Waals surface area contributed by atoms with Crippen molar-refractivity contribution < 1.29 is 4.79 Å². The summed E-state index contributed by atoms with van der Waals surface area (Å²) in [6.45, 7) is 5.50. The van der Waals surface area contributed by atoms with Crippen LogP contribution in [0.1, 0.15) is 26.2 Å². The number of carbonyl (C=O) groups excluding carboxylic acids is 1. The lowest BCUT2D eigenvalue weighted by molar-refractivity contribution is -0.131. The Labute approximate surface area is 108 Å². The smallest absolute Gasteiger partial charge is 0.227 e. The SMILES string of the molecule is CC1(C(=O)NCCCn2ccnc2)CCCNC1. The third-order valence-corrected chi connectivity index (χ3v) is 3.58. The van der Waals surface area contributed by atoms with Gasteiger partial charge in [0.15, 0.2) is 0 Å². The molecule has 18 heavy (non-hydrogen) atoms. The molecular formula is C13H22N4O. The summed E-state index contributed by atoms with van der Waals surface area (Å²) in [6.07, 6.45) is 8.51. The number of rotatable bonds is 5. The Kier molecular flexibility index (Phi) is 4.36. The van der Waals surface area contributed by atoms with Gasteiger partial charge in [0.2, 0.25) is 5.91 Å². The molecule has 0 aromatic carbocycles. The van der Waals surface area contributed by atoms with E-state index < -0.39 is 0 Å². The first kappa shape index (κ1) is 13.1. The first-order chi connectivity index (χ1) is 8.71. The number of carbonyl (C=O) groups is 1. The van der Waals surface area contributed by atoms with E-state index >= 15 is 0 Å². The van der Waals surface area contributed by atoms with E-state index in [1.807, 2.05) is 17.7 Å². The highest BCUT2D eigenvalue weighted by atomic mass is 16.2. The molecule has 2 N–H and O–H groups in total. The maximum absolute atomic E-state index is 12.1. The molecule has 1 aliphatic heterocycles. The Morgan fingerprint density at radius 1 is 1.61 bits per heavy atom. The lowest BCUT2D eigenvalue weighted by Gasteiger charge is -2.32. The molecule has 2 rings (SSSR count). The van der Waals surface area contributed by atoms with Crippen molar-refractivity contribution >= 4 is 5.91 Å². The molecule has 0 saturated carbocycles. The van der Waals surface area contributed by atoms with Crippen LogP contribution in [0.25, 0.3) is 0 Å². The number of amides is 1. The summed E-state index contributed by atoms with van der Waals surface area (Å²) in [7, 11) is 0. The number of aromatic nitrogens is 2. The molecule has 1 amide bonds. The molecule has 5 nitrogen and oxygen atoms in total. The van der Waals surface area contributed by atoms with E-state index in [9.17, 15) is 4.79 Å². The number of nitrogens with one attached hydrogen (secondary N) is 2. The van der Waals surface area contributed by atoms with Gasteiger partial charge in [-0.05, 0) is 32.7 Å². The first-order valence-corrected chi connectivity index (χ1v) is 6.65. The Hall–Kier alpha value is -1.36. The van der Waals surface area contributed by atoms with Gasteiger partial charge in [-0.2, -0.15) is 0 Å². The second kappa shape index (κ2) is 6.00. The second-order valence-corrected chi connectivity index (χ2v) is 5.25. The minimum atomic E-state index is -0.229. The predicted molar refractivity (Wildman–Crippen MR) is 70.1 cm³/mol. The number of piperidine rings is 1. The highest BCUT2D eigenvalue weighted by Crippen LogP contribution is 2.25. The summed E-state index contributed by atoms with van der Waals surface area (Å²) < 4.78 is 2.02. The third kappa shape index (κ3) is 3.32. The van der Waals surface area contributed by atoms with Crippen LogP contribution < -0.4 is 10.6 Å². The third-order valence-electron chi connectivity index (χ3n) is 3.58.